The van der Waals surface area contributed by atoms with Gasteiger partial charge in [-0.15, -0.1) is 0 Å². The smallest absolute Gasteiger partial charge is 0.305 e. The number of piperidine rings is 1. The maximum Gasteiger partial charge on any atom is 0.305 e. The minimum absolute atomic E-state index is 0.189. The van der Waals surface area contributed by atoms with E-state index in [1.165, 1.54) is 13.5 Å². The summed E-state index contributed by atoms with van der Waals surface area (Å²) < 4.78 is 4.58. The molecule has 0 aliphatic carbocycles. The molecule has 1 fully saturated rings. The monoisotopic (exact) mass is 256 g/mol. The fourth-order valence-corrected chi connectivity index (χ4v) is 2.15. The average molecular weight is 256 g/mol. The Balaban J connectivity index is 2.16. The molecule has 0 saturated carbocycles. The van der Waals surface area contributed by atoms with Gasteiger partial charge in [0.15, 0.2) is 0 Å². The van der Waals surface area contributed by atoms with Crippen LogP contribution in [0, 0.1) is 0 Å². The number of likely N-dealkylation sites (tertiary alicyclic amines) is 1. The van der Waals surface area contributed by atoms with Crippen LogP contribution in [0.4, 0.5) is 0 Å². The number of nitrogens with zero attached hydrogens (tertiary/aromatic N) is 2. The van der Waals surface area contributed by atoms with Gasteiger partial charge in [0.05, 0.1) is 13.7 Å². The summed E-state index contributed by atoms with van der Waals surface area (Å²) in [5.74, 6) is 0.0148. The summed E-state index contributed by atoms with van der Waals surface area (Å²) in [6.07, 6.45) is 4.63. The number of amides is 1. The van der Waals surface area contributed by atoms with E-state index >= 15 is 0 Å². The summed E-state index contributed by atoms with van der Waals surface area (Å²) in [4.78, 5) is 26.8. The molecule has 0 N–H and O–H groups in total. The van der Waals surface area contributed by atoms with E-state index in [2.05, 4.69) is 4.74 Å². The fourth-order valence-electron chi connectivity index (χ4n) is 2.15. The highest BCUT2D eigenvalue weighted by molar-refractivity contribution is 5.78. The zero-order valence-corrected chi connectivity index (χ0v) is 11.5. The molecule has 0 unspecified atom stereocenters. The van der Waals surface area contributed by atoms with E-state index in [9.17, 15) is 9.59 Å². The molecule has 1 aliphatic heterocycles. The van der Waals surface area contributed by atoms with Gasteiger partial charge in [-0.3, -0.25) is 14.5 Å². The maximum atomic E-state index is 12.0. The van der Waals surface area contributed by atoms with Gasteiger partial charge in [0.25, 0.3) is 0 Å². The number of rotatable bonds is 6. The topological polar surface area (TPSA) is 49.9 Å². The Kier molecular flexibility index (Phi) is 6.72. The van der Waals surface area contributed by atoms with Gasteiger partial charge in [-0.2, -0.15) is 0 Å². The Morgan fingerprint density at radius 3 is 2.50 bits per heavy atom. The largest absolute Gasteiger partial charge is 0.469 e. The van der Waals surface area contributed by atoms with Gasteiger partial charge < -0.3 is 9.64 Å². The second-order valence-corrected chi connectivity index (χ2v) is 4.86. The summed E-state index contributed by atoms with van der Waals surface area (Å²) in [5.41, 5.74) is 0. The quantitative estimate of drug-likeness (QED) is 0.662. The third-order valence-electron chi connectivity index (χ3n) is 3.26. The molecule has 1 rings (SSSR count). The second-order valence-electron chi connectivity index (χ2n) is 4.86. The zero-order valence-electron chi connectivity index (χ0n) is 11.5. The van der Waals surface area contributed by atoms with Gasteiger partial charge in [-0.05, 0) is 39.3 Å². The minimum atomic E-state index is -0.189. The van der Waals surface area contributed by atoms with Gasteiger partial charge in [0.1, 0.15) is 0 Å². The number of carbonyl (C=O) groups excluding carboxylic acids is 2. The third-order valence-corrected chi connectivity index (χ3v) is 3.26. The highest BCUT2D eigenvalue weighted by Gasteiger charge is 2.17. The Morgan fingerprint density at radius 2 is 1.89 bits per heavy atom. The lowest BCUT2D eigenvalue weighted by Gasteiger charge is -2.28. The van der Waals surface area contributed by atoms with Crippen LogP contribution in [0.3, 0.4) is 0 Å². The SMILES string of the molecule is COC(=O)CCCN(C)CC(=O)N1CCCCC1. The van der Waals surface area contributed by atoms with Crippen molar-refractivity contribution in [1.29, 1.82) is 0 Å². The summed E-state index contributed by atoms with van der Waals surface area (Å²) in [6.45, 7) is 2.99. The first kappa shape index (κ1) is 15.0. The van der Waals surface area contributed by atoms with Crippen molar-refractivity contribution in [3.8, 4) is 0 Å². The van der Waals surface area contributed by atoms with Crippen LogP contribution in [0.25, 0.3) is 0 Å². The van der Waals surface area contributed by atoms with Gasteiger partial charge in [0.2, 0.25) is 5.91 Å². The van der Waals surface area contributed by atoms with E-state index in [0.29, 0.717) is 13.0 Å². The molecule has 1 amide bonds. The standard InChI is InChI=1S/C13H24N2O3/c1-14(8-6-7-13(17)18-2)11-12(16)15-9-4-3-5-10-15/h3-11H2,1-2H3. The molecule has 1 aliphatic rings. The van der Waals surface area contributed by atoms with Gasteiger partial charge in [-0.1, -0.05) is 0 Å². The first-order chi connectivity index (χ1) is 8.63. The van der Waals surface area contributed by atoms with E-state index in [0.717, 1.165) is 38.9 Å². The van der Waals surface area contributed by atoms with Crippen molar-refractivity contribution < 1.29 is 14.3 Å². The van der Waals surface area contributed by atoms with E-state index < -0.39 is 0 Å². The summed E-state index contributed by atoms with van der Waals surface area (Å²) >= 11 is 0. The first-order valence-corrected chi connectivity index (χ1v) is 6.66. The van der Waals surface area contributed by atoms with Crippen LogP contribution in [0.15, 0.2) is 0 Å². The molecule has 0 spiro atoms. The normalized spacial score (nSPS) is 15.8. The minimum Gasteiger partial charge on any atom is -0.469 e. The number of carbonyl (C=O) groups is 2. The molecule has 0 aromatic heterocycles. The molecule has 5 heteroatoms. The Bertz CT molecular complexity index is 275. The van der Waals surface area contributed by atoms with Crippen LogP contribution >= 0.6 is 0 Å². The molecule has 18 heavy (non-hydrogen) atoms. The first-order valence-electron chi connectivity index (χ1n) is 6.66. The predicted octanol–water partition coefficient (Wildman–Crippen LogP) is 0.884. The van der Waals surface area contributed by atoms with Crippen molar-refractivity contribution in [3.05, 3.63) is 0 Å². The lowest BCUT2D eigenvalue weighted by atomic mass is 10.1. The van der Waals surface area contributed by atoms with Crippen molar-refractivity contribution >= 4 is 11.9 Å². The average Bonchev–Trinajstić information content (AvgIpc) is 2.39. The molecule has 0 aromatic carbocycles. The lowest BCUT2D eigenvalue weighted by Crippen LogP contribution is -2.41. The number of methoxy groups -OCH3 is 1. The van der Waals surface area contributed by atoms with E-state index in [1.807, 2.05) is 16.8 Å². The van der Waals surface area contributed by atoms with Crippen LogP contribution in [0.5, 0.6) is 0 Å². The van der Waals surface area contributed by atoms with Crippen LogP contribution in [-0.4, -0.2) is 62.0 Å². The molecule has 1 heterocycles. The molecule has 0 aromatic rings. The molecule has 1 saturated heterocycles. The van der Waals surface area contributed by atoms with Crippen molar-refractivity contribution in [2.24, 2.45) is 0 Å². The van der Waals surface area contributed by atoms with Gasteiger partial charge in [0, 0.05) is 19.5 Å². The molecule has 0 atom stereocenters. The highest BCUT2D eigenvalue weighted by Crippen LogP contribution is 2.09. The van der Waals surface area contributed by atoms with E-state index in [-0.39, 0.29) is 11.9 Å². The van der Waals surface area contributed by atoms with Crippen LogP contribution < -0.4 is 0 Å². The molecule has 0 radical (unpaired) electrons. The number of likely N-dealkylation sites (N-methyl/N-ethyl adjacent to an activating group) is 1. The van der Waals surface area contributed by atoms with Crippen LogP contribution in [0.2, 0.25) is 0 Å². The summed E-state index contributed by atoms with van der Waals surface area (Å²) in [5, 5.41) is 0. The molecular weight excluding hydrogens is 232 g/mol. The number of ether oxygens (including phenoxy) is 1. The Hall–Kier alpha value is -1.10. The summed E-state index contributed by atoms with van der Waals surface area (Å²) in [7, 11) is 3.31. The van der Waals surface area contributed by atoms with Crippen LogP contribution in [-0.2, 0) is 14.3 Å². The van der Waals surface area contributed by atoms with E-state index in [4.69, 9.17) is 0 Å². The predicted molar refractivity (Wildman–Crippen MR) is 69.2 cm³/mol. The number of esters is 1. The Morgan fingerprint density at radius 1 is 1.22 bits per heavy atom. The van der Waals surface area contributed by atoms with Crippen LogP contribution in [0.1, 0.15) is 32.1 Å². The van der Waals surface area contributed by atoms with Gasteiger partial charge >= 0.3 is 5.97 Å². The molecule has 104 valence electrons. The van der Waals surface area contributed by atoms with Crippen molar-refractivity contribution in [2.75, 3.05) is 40.3 Å². The third kappa shape index (κ3) is 5.49. The lowest BCUT2D eigenvalue weighted by molar-refractivity contribution is -0.140. The fraction of sp³-hybridized carbons (Fsp3) is 0.846. The number of hydrogen-bond donors (Lipinski definition) is 0. The number of hydrogen-bond acceptors (Lipinski definition) is 4. The van der Waals surface area contributed by atoms with Crippen molar-refractivity contribution in [2.45, 2.75) is 32.1 Å². The zero-order chi connectivity index (χ0) is 13.4. The molecular formula is C13H24N2O3. The summed E-state index contributed by atoms with van der Waals surface area (Å²) in [6, 6.07) is 0. The highest BCUT2D eigenvalue weighted by atomic mass is 16.5. The molecule has 5 nitrogen and oxygen atoms in total. The maximum absolute atomic E-state index is 12.0. The van der Waals surface area contributed by atoms with Gasteiger partial charge in [-0.25, -0.2) is 0 Å². The van der Waals surface area contributed by atoms with Crippen molar-refractivity contribution in [3.63, 3.8) is 0 Å². The van der Waals surface area contributed by atoms with Crippen molar-refractivity contribution in [1.82, 2.24) is 9.80 Å². The Labute approximate surface area is 109 Å². The second kappa shape index (κ2) is 8.08. The van der Waals surface area contributed by atoms with E-state index in [1.54, 1.807) is 0 Å². The molecule has 0 bridgehead atoms.